The summed E-state index contributed by atoms with van der Waals surface area (Å²) in [6.45, 7) is 2.23. The Morgan fingerprint density at radius 2 is 1.88 bits per heavy atom. The van der Waals surface area contributed by atoms with E-state index in [2.05, 4.69) is 0 Å². The van der Waals surface area contributed by atoms with Crippen LogP contribution in [0.2, 0.25) is 10.0 Å². The molecule has 0 aliphatic carbocycles. The Labute approximate surface area is 150 Å². The van der Waals surface area contributed by atoms with Gasteiger partial charge in [-0.1, -0.05) is 30.1 Å². The Bertz CT molecular complexity index is 618. The van der Waals surface area contributed by atoms with Crippen molar-refractivity contribution in [2.75, 3.05) is 19.7 Å². The number of rotatable bonds is 4. The van der Waals surface area contributed by atoms with E-state index in [-0.39, 0.29) is 16.2 Å². The smallest absolute Gasteiger partial charge is 0.253 e. The Hall–Kier alpha value is -1.05. The number of carbonyl (C=O) groups excluding carboxylic acids is 1. The van der Waals surface area contributed by atoms with Gasteiger partial charge in [0.15, 0.2) is 6.10 Å². The van der Waals surface area contributed by atoms with Gasteiger partial charge in [-0.2, -0.15) is 0 Å². The molecule has 1 unspecified atom stereocenters. The summed E-state index contributed by atoms with van der Waals surface area (Å²) in [7, 11) is 0. The summed E-state index contributed by atoms with van der Waals surface area (Å²) in [4.78, 5) is 13.4. The first-order chi connectivity index (χ1) is 11.2. The Balaban J connectivity index is 2.13. The summed E-state index contributed by atoms with van der Waals surface area (Å²) in [5.41, 5.74) is 6.54. The number of phenols is 1. The van der Waals surface area contributed by atoms with E-state index in [0.29, 0.717) is 36.5 Å². The van der Waals surface area contributed by atoms with E-state index in [4.69, 9.17) is 34.0 Å². The minimum Gasteiger partial charge on any atom is -0.508 e. The normalized spacial score (nSPS) is 19.8. The van der Waals surface area contributed by atoms with Crippen LogP contribution in [0.15, 0.2) is 12.1 Å². The molecular formula is C16H22Cl2N2O4. The first-order valence-electron chi connectivity index (χ1n) is 7.71. The molecule has 1 aromatic carbocycles. The summed E-state index contributed by atoms with van der Waals surface area (Å²) in [5.74, 6) is -0.488. The van der Waals surface area contributed by atoms with Gasteiger partial charge in [0, 0.05) is 30.8 Å². The van der Waals surface area contributed by atoms with Gasteiger partial charge < -0.3 is 26.0 Å². The number of halogens is 2. The third-order valence-corrected chi connectivity index (χ3v) is 5.55. The van der Waals surface area contributed by atoms with E-state index in [0.717, 1.165) is 0 Å². The van der Waals surface area contributed by atoms with E-state index in [1.54, 1.807) is 6.07 Å². The standard InChI is InChI=1S/C16H22Cl2N2O4/c1-16(2-4-20(5-3-16)15(24)13(23)8-21)14(19)9-6-10(17)11(18)7-12(9)22/h6-7,13-14,21-23H,2-5,8,19H2,1H3/t13-,14?/m1/s1. The molecule has 1 fully saturated rings. The molecule has 134 valence electrons. The van der Waals surface area contributed by atoms with Crippen molar-refractivity contribution in [3.8, 4) is 5.75 Å². The predicted molar refractivity (Wildman–Crippen MR) is 92.1 cm³/mol. The maximum Gasteiger partial charge on any atom is 0.253 e. The van der Waals surface area contributed by atoms with Crippen LogP contribution in [0.4, 0.5) is 0 Å². The van der Waals surface area contributed by atoms with Crippen molar-refractivity contribution in [1.82, 2.24) is 4.90 Å². The zero-order valence-electron chi connectivity index (χ0n) is 13.4. The van der Waals surface area contributed by atoms with Gasteiger partial charge in [0.05, 0.1) is 16.7 Å². The summed E-state index contributed by atoms with van der Waals surface area (Å²) >= 11 is 11.9. The van der Waals surface area contributed by atoms with Gasteiger partial charge in [0.2, 0.25) is 0 Å². The molecule has 1 aliphatic heterocycles. The number of likely N-dealkylation sites (tertiary alicyclic amines) is 1. The second kappa shape index (κ2) is 7.45. The summed E-state index contributed by atoms with van der Waals surface area (Å²) in [6.07, 6.45) is -0.197. The zero-order valence-corrected chi connectivity index (χ0v) is 14.9. The molecule has 2 atom stereocenters. The van der Waals surface area contributed by atoms with Crippen LogP contribution in [0.25, 0.3) is 0 Å². The van der Waals surface area contributed by atoms with Crippen molar-refractivity contribution in [1.29, 1.82) is 0 Å². The number of hydrogen-bond acceptors (Lipinski definition) is 5. The quantitative estimate of drug-likeness (QED) is 0.639. The molecule has 1 amide bonds. The van der Waals surface area contributed by atoms with Crippen molar-refractivity contribution in [3.05, 3.63) is 27.7 Å². The Kier molecular flexibility index (Phi) is 5.99. The van der Waals surface area contributed by atoms with E-state index >= 15 is 0 Å². The van der Waals surface area contributed by atoms with E-state index < -0.39 is 24.7 Å². The number of carbonyl (C=O) groups is 1. The summed E-state index contributed by atoms with van der Waals surface area (Å²) in [6, 6.07) is 2.47. The maximum absolute atomic E-state index is 11.9. The molecule has 1 saturated heterocycles. The van der Waals surface area contributed by atoms with Crippen molar-refractivity contribution < 1.29 is 20.1 Å². The maximum atomic E-state index is 11.9. The number of phenolic OH excluding ortho intramolecular Hbond substituents is 1. The first kappa shape index (κ1) is 19.3. The molecule has 0 spiro atoms. The highest BCUT2D eigenvalue weighted by molar-refractivity contribution is 6.42. The fourth-order valence-corrected chi connectivity index (χ4v) is 3.34. The van der Waals surface area contributed by atoms with Crippen LogP contribution in [0.5, 0.6) is 5.75 Å². The SMILES string of the molecule is CC1(C(N)c2cc(Cl)c(Cl)cc2O)CCN(C(=O)[C@H](O)CO)CC1. The molecule has 6 nitrogen and oxygen atoms in total. The number of aliphatic hydroxyl groups excluding tert-OH is 2. The third kappa shape index (κ3) is 3.78. The first-order valence-corrected chi connectivity index (χ1v) is 8.46. The van der Waals surface area contributed by atoms with Gasteiger partial charge in [0.1, 0.15) is 5.75 Å². The highest BCUT2D eigenvalue weighted by Gasteiger charge is 2.39. The molecule has 24 heavy (non-hydrogen) atoms. The lowest BCUT2D eigenvalue weighted by Gasteiger charge is -2.43. The van der Waals surface area contributed by atoms with Gasteiger partial charge in [-0.3, -0.25) is 4.79 Å². The van der Waals surface area contributed by atoms with Gasteiger partial charge in [-0.15, -0.1) is 0 Å². The minimum absolute atomic E-state index is 0.00710. The zero-order chi connectivity index (χ0) is 18.1. The number of nitrogens with two attached hydrogens (primary N) is 1. The van der Waals surface area contributed by atoms with Crippen LogP contribution in [0.1, 0.15) is 31.4 Å². The number of hydrogen-bond donors (Lipinski definition) is 4. The molecule has 0 radical (unpaired) electrons. The second-order valence-electron chi connectivity index (χ2n) is 6.48. The minimum atomic E-state index is -1.39. The molecule has 1 aromatic rings. The number of aliphatic hydroxyl groups is 2. The number of piperidine rings is 1. The summed E-state index contributed by atoms with van der Waals surface area (Å²) in [5, 5.41) is 29.1. The number of nitrogens with zero attached hydrogens (tertiary/aromatic N) is 1. The van der Waals surface area contributed by atoms with Crippen LogP contribution in [-0.4, -0.2) is 51.9 Å². The molecule has 2 rings (SSSR count). The topological polar surface area (TPSA) is 107 Å². The number of aromatic hydroxyl groups is 1. The molecule has 0 saturated carbocycles. The lowest BCUT2D eigenvalue weighted by Crippen LogP contribution is -2.49. The van der Waals surface area contributed by atoms with E-state index in [1.807, 2.05) is 6.92 Å². The third-order valence-electron chi connectivity index (χ3n) is 4.83. The lowest BCUT2D eigenvalue weighted by molar-refractivity contribution is -0.144. The Morgan fingerprint density at radius 1 is 1.33 bits per heavy atom. The molecule has 1 heterocycles. The average molecular weight is 377 g/mol. The van der Waals surface area contributed by atoms with Crippen LogP contribution >= 0.6 is 23.2 Å². The fraction of sp³-hybridized carbons (Fsp3) is 0.562. The average Bonchev–Trinajstić information content (AvgIpc) is 2.56. The largest absolute Gasteiger partial charge is 0.508 e. The fourth-order valence-electron chi connectivity index (χ4n) is 3.01. The van der Waals surface area contributed by atoms with E-state index in [1.165, 1.54) is 11.0 Å². The second-order valence-corrected chi connectivity index (χ2v) is 7.29. The van der Waals surface area contributed by atoms with Crippen molar-refractivity contribution in [2.24, 2.45) is 11.1 Å². The molecule has 5 N–H and O–H groups in total. The molecule has 0 bridgehead atoms. The molecule has 1 aliphatic rings. The van der Waals surface area contributed by atoms with Gasteiger partial charge in [0.25, 0.3) is 5.91 Å². The van der Waals surface area contributed by atoms with Crippen molar-refractivity contribution in [2.45, 2.75) is 31.9 Å². The van der Waals surface area contributed by atoms with Crippen LogP contribution in [0.3, 0.4) is 0 Å². The van der Waals surface area contributed by atoms with Crippen molar-refractivity contribution >= 4 is 29.1 Å². The Morgan fingerprint density at radius 3 is 2.42 bits per heavy atom. The molecule has 0 aromatic heterocycles. The van der Waals surface area contributed by atoms with Gasteiger partial charge in [-0.25, -0.2) is 0 Å². The van der Waals surface area contributed by atoms with Crippen LogP contribution in [0, 0.1) is 5.41 Å². The molecule has 8 heteroatoms. The monoisotopic (exact) mass is 376 g/mol. The molecular weight excluding hydrogens is 355 g/mol. The lowest BCUT2D eigenvalue weighted by atomic mass is 9.72. The summed E-state index contributed by atoms with van der Waals surface area (Å²) < 4.78 is 0. The predicted octanol–water partition coefficient (Wildman–Crippen LogP) is 1.68. The number of amides is 1. The van der Waals surface area contributed by atoms with Crippen LogP contribution < -0.4 is 5.73 Å². The highest BCUT2D eigenvalue weighted by atomic mass is 35.5. The highest BCUT2D eigenvalue weighted by Crippen LogP contribution is 2.45. The number of benzene rings is 1. The van der Waals surface area contributed by atoms with E-state index in [9.17, 15) is 15.0 Å². The van der Waals surface area contributed by atoms with Gasteiger partial charge in [-0.05, 0) is 24.3 Å². The van der Waals surface area contributed by atoms with Gasteiger partial charge >= 0.3 is 0 Å². The van der Waals surface area contributed by atoms with Crippen LogP contribution in [-0.2, 0) is 4.79 Å². The van der Waals surface area contributed by atoms with Crippen molar-refractivity contribution in [3.63, 3.8) is 0 Å².